The molecule has 0 aliphatic carbocycles. The van der Waals surface area contributed by atoms with Gasteiger partial charge in [-0.25, -0.2) is 0 Å². The number of thiol groups is 2. The van der Waals surface area contributed by atoms with Crippen LogP contribution in [0, 0.1) is 0 Å². The Morgan fingerprint density at radius 1 is 0.615 bits per heavy atom. The zero-order chi connectivity index (χ0) is 37.6. The minimum Gasteiger partial charge on any atom is -0.871 e. The van der Waals surface area contributed by atoms with Crippen LogP contribution in [-0.2, 0) is 10.1 Å². The zero-order valence-corrected chi connectivity index (χ0v) is 31.2. The Morgan fingerprint density at radius 3 is 1.31 bits per heavy atom. The molecular formula is C40H45BN2O7S2. The van der Waals surface area contributed by atoms with Crippen molar-refractivity contribution >= 4 is 44.1 Å². The van der Waals surface area contributed by atoms with E-state index in [1.807, 2.05) is 80.6 Å². The lowest BCUT2D eigenvalue weighted by molar-refractivity contribution is -0.891. The van der Waals surface area contributed by atoms with Gasteiger partial charge in [0.25, 0.3) is 0 Å². The Labute approximate surface area is 317 Å². The first-order valence-electron chi connectivity index (χ1n) is 17.0. The van der Waals surface area contributed by atoms with Crippen molar-refractivity contribution in [3.8, 4) is 0 Å². The fraction of sp³-hybridized carbons (Fsp3) is 0.250. The van der Waals surface area contributed by atoms with Gasteiger partial charge >= 0.3 is 11.4 Å². The smallest absolute Gasteiger partial charge is 0.300 e. The molecule has 3 aromatic carbocycles. The maximum atomic E-state index is 11.3. The molecule has 0 saturated heterocycles. The summed E-state index contributed by atoms with van der Waals surface area (Å²) in [5.41, 5.74) is 4.22. The number of hydrogen-bond donors (Lipinski definition) is 2. The van der Waals surface area contributed by atoms with Crippen LogP contribution in [-0.4, -0.2) is 50.2 Å². The van der Waals surface area contributed by atoms with Crippen molar-refractivity contribution in [2.45, 2.75) is 32.1 Å². The molecular weight excluding hydrogens is 695 g/mol. The molecule has 5 aromatic rings. The molecule has 0 fully saturated rings. The standard InChI is InChI=1S/C22H21BO3.2C9H11NO2S/c24-23(25)26-18-10-17-22(19-11-4-1-5-12-19,20-13-6-2-7-14-20)21-15-8-3-9-16-21;2*1-2-12-10-6-4-3-5-8(10)9(11)7-13/h1-9,11-16H,10,17-18H2;2*3-6H,2,7H2,1H3/q-2;;/p+2. The first kappa shape index (κ1) is 42.0. The highest BCUT2D eigenvalue weighted by atomic mass is 32.1. The van der Waals surface area contributed by atoms with Crippen molar-refractivity contribution in [3.63, 3.8) is 0 Å². The predicted octanol–water partition coefficient (Wildman–Crippen LogP) is 3.59. The lowest BCUT2D eigenvalue weighted by Gasteiger charge is -2.37. The van der Waals surface area contributed by atoms with Crippen LogP contribution in [0.1, 0.15) is 64.4 Å². The van der Waals surface area contributed by atoms with E-state index in [1.54, 1.807) is 36.7 Å². The van der Waals surface area contributed by atoms with Gasteiger partial charge in [0.1, 0.15) is 0 Å². The van der Waals surface area contributed by atoms with E-state index >= 15 is 0 Å². The summed E-state index contributed by atoms with van der Waals surface area (Å²) >= 11 is 7.85. The summed E-state index contributed by atoms with van der Waals surface area (Å²) in [4.78, 5) is 33.1. The second kappa shape index (κ2) is 23.2. The predicted molar refractivity (Wildman–Crippen MR) is 204 cm³/mol. The van der Waals surface area contributed by atoms with E-state index in [0.717, 1.165) is 6.42 Å². The van der Waals surface area contributed by atoms with Crippen LogP contribution in [0.4, 0.5) is 0 Å². The van der Waals surface area contributed by atoms with Crippen LogP contribution in [0.15, 0.2) is 140 Å². The first-order valence-corrected chi connectivity index (χ1v) is 18.2. The molecule has 0 amide bonds. The Kier molecular flexibility index (Phi) is 18.7. The quantitative estimate of drug-likeness (QED) is 0.0397. The number of aromatic nitrogens is 2. The molecule has 2 aromatic heterocycles. The van der Waals surface area contributed by atoms with E-state index in [2.05, 4.69) is 61.7 Å². The minimum atomic E-state index is -2.23. The Balaban J connectivity index is 0.000000235. The molecule has 0 bridgehead atoms. The van der Waals surface area contributed by atoms with E-state index in [9.17, 15) is 19.6 Å². The highest BCUT2D eigenvalue weighted by Gasteiger charge is 2.35. The van der Waals surface area contributed by atoms with Gasteiger partial charge in [-0.05, 0) is 55.5 Å². The second-order valence-corrected chi connectivity index (χ2v) is 11.7. The summed E-state index contributed by atoms with van der Waals surface area (Å²) in [6.45, 7) is 4.96. The molecule has 272 valence electrons. The molecule has 12 heteroatoms. The third kappa shape index (κ3) is 12.3. The first-order chi connectivity index (χ1) is 25.3. The third-order valence-corrected chi connectivity index (χ3v) is 8.37. The van der Waals surface area contributed by atoms with E-state index < -0.39 is 7.32 Å². The number of carbonyl (C=O) groups excluding carboxylic acids is 2. The molecule has 0 aliphatic rings. The lowest BCUT2D eigenvalue weighted by Crippen LogP contribution is -2.48. The molecule has 0 N–H and O–H groups in total. The second-order valence-electron chi connectivity index (χ2n) is 11.1. The van der Waals surface area contributed by atoms with Gasteiger partial charge in [-0.2, -0.15) is 25.3 Å². The van der Waals surface area contributed by atoms with E-state index in [1.165, 1.54) is 26.2 Å². The number of hydrogen-bond acceptors (Lipinski definition) is 9. The molecule has 52 heavy (non-hydrogen) atoms. The van der Waals surface area contributed by atoms with Crippen molar-refractivity contribution < 1.29 is 43.4 Å². The summed E-state index contributed by atoms with van der Waals surface area (Å²) < 4.78 is 7.68. The number of benzene rings is 3. The maximum absolute atomic E-state index is 11.3. The monoisotopic (exact) mass is 740 g/mol. The average Bonchev–Trinajstić information content (AvgIpc) is 3.19. The van der Waals surface area contributed by atoms with Crippen LogP contribution in [0.25, 0.3) is 0 Å². The Hall–Kier alpha value is -4.46. The number of rotatable bonds is 16. The zero-order valence-electron chi connectivity index (χ0n) is 29.5. The Bertz CT molecular complexity index is 1610. The van der Waals surface area contributed by atoms with Crippen molar-refractivity contribution in [1.29, 1.82) is 0 Å². The van der Waals surface area contributed by atoms with Gasteiger partial charge in [0.15, 0.2) is 13.2 Å². The number of pyridine rings is 2. The van der Waals surface area contributed by atoms with E-state index in [0.29, 0.717) is 31.0 Å². The summed E-state index contributed by atoms with van der Waals surface area (Å²) in [5, 5.41) is 21.4. The molecule has 0 saturated carbocycles. The summed E-state index contributed by atoms with van der Waals surface area (Å²) in [7, 11) is -2.23. The summed E-state index contributed by atoms with van der Waals surface area (Å²) in [5.74, 6) is 0.295. The number of ketones is 2. The largest absolute Gasteiger partial charge is 0.871 e. The van der Waals surface area contributed by atoms with Gasteiger partial charge in [-0.3, -0.25) is 19.3 Å². The normalized spacial score (nSPS) is 10.5. The van der Waals surface area contributed by atoms with E-state index in [-0.39, 0.29) is 35.1 Å². The highest BCUT2D eigenvalue weighted by molar-refractivity contribution is 7.81. The van der Waals surface area contributed by atoms with Gasteiger partial charge in [-0.15, -0.1) is 0 Å². The minimum absolute atomic E-state index is 0.0441. The SMILES string of the molecule is CCO[n+]1ccccc1C(=O)CS.CCO[n+]1ccccc1C(=O)CS.[O-]B([O-])OCCCC(c1ccccc1)(c1ccccc1)c1ccccc1. The average molecular weight is 741 g/mol. The molecule has 0 aliphatic heterocycles. The van der Waals surface area contributed by atoms with Crippen LogP contribution >= 0.6 is 25.3 Å². The molecule has 5 rings (SSSR count). The number of Topliss-reactive ketones (excluding diaryl/α,β-unsaturated/α-hetero) is 2. The highest BCUT2D eigenvalue weighted by Crippen LogP contribution is 2.42. The van der Waals surface area contributed by atoms with Crippen LogP contribution in [0.3, 0.4) is 0 Å². The molecule has 0 unspecified atom stereocenters. The molecule has 9 nitrogen and oxygen atoms in total. The van der Waals surface area contributed by atoms with Crippen molar-refractivity contribution in [2.75, 3.05) is 31.3 Å². The van der Waals surface area contributed by atoms with E-state index in [4.69, 9.17) is 14.3 Å². The fourth-order valence-electron chi connectivity index (χ4n) is 5.57. The van der Waals surface area contributed by atoms with Crippen LogP contribution in [0.2, 0.25) is 0 Å². The lowest BCUT2D eigenvalue weighted by atomic mass is 9.67. The van der Waals surface area contributed by atoms with Gasteiger partial charge in [0.05, 0.1) is 18.8 Å². The number of nitrogens with zero attached hydrogens (tertiary/aromatic N) is 2. The fourth-order valence-corrected chi connectivity index (χ4v) is 5.90. The number of carbonyl (C=O) groups is 2. The molecule has 2 heterocycles. The van der Waals surface area contributed by atoms with Crippen LogP contribution < -0.4 is 29.2 Å². The van der Waals surface area contributed by atoms with Gasteiger partial charge in [0.2, 0.25) is 24.0 Å². The Morgan fingerprint density at radius 2 is 0.981 bits per heavy atom. The molecule has 0 radical (unpaired) electrons. The maximum Gasteiger partial charge on any atom is 0.300 e. The topological polar surface area (TPSA) is 116 Å². The van der Waals surface area contributed by atoms with Crippen LogP contribution in [0.5, 0.6) is 0 Å². The molecule has 0 atom stereocenters. The molecule has 0 spiro atoms. The van der Waals surface area contributed by atoms with Crippen molar-refractivity contribution in [2.24, 2.45) is 0 Å². The van der Waals surface area contributed by atoms with Crippen molar-refractivity contribution in [1.82, 2.24) is 0 Å². The third-order valence-electron chi connectivity index (χ3n) is 7.79. The van der Waals surface area contributed by atoms with Crippen molar-refractivity contribution in [3.05, 3.63) is 168 Å². The van der Waals surface area contributed by atoms with Gasteiger partial charge in [0, 0.05) is 45.7 Å². The summed E-state index contributed by atoms with van der Waals surface area (Å²) in [6.07, 6.45) is 4.76. The summed E-state index contributed by atoms with van der Waals surface area (Å²) in [6, 6.07) is 41.7. The van der Waals surface area contributed by atoms with Gasteiger partial charge in [-0.1, -0.05) is 91.0 Å². The van der Waals surface area contributed by atoms with Gasteiger partial charge < -0.3 is 14.7 Å².